The highest BCUT2D eigenvalue weighted by molar-refractivity contribution is 14.1. The molecule has 2 heterocycles. The van der Waals surface area contributed by atoms with E-state index in [0.29, 0.717) is 5.92 Å². The molecule has 0 aromatic carbocycles. The second-order valence-electron chi connectivity index (χ2n) is 5.27. The minimum atomic E-state index is 0.561. The number of anilines is 1. The molecule has 0 aliphatic rings. The van der Waals surface area contributed by atoms with Gasteiger partial charge in [0.1, 0.15) is 5.82 Å². The molecule has 0 bridgehead atoms. The van der Waals surface area contributed by atoms with E-state index in [-0.39, 0.29) is 0 Å². The number of rotatable bonds is 4. The van der Waals surface area contributed by atoms with Crippen molar-refractivity contribution in [3.63, 3.8) is 0 Å². The topological polar surface area (TPSA) is 55.6 Å². The lowest BCUT2D eigenvalue weighted by Gasteiger charge is -2.12. The van der Waals surface area contributed by atoms with E-state index in [4.69, 9.17) is 4.98 Å². The van der Waals surface area contributed by atoms with Gasteiger partial charge in [0.2, 0.25) is 0 Å². The Morgan fingerprint density at radius 2 is 2.05 bits per heavy atom. The van der Waals surface area contributed by atoms with Crippen LogP contribution >= 0.6 is 22.6 Å². The second kappa shape index (κ2) is 6.07. The quantitative estimate of drug-likeness (QED) is 0.823. The molecular formula is C14H20IN5. The van der Waals surface area contributed by atoms with Gasteiger partial charge in [0.25, 0.3) is 0 Å². The van der Waals surface area contributed by atoms with Gasteiger partial charge in [-0.25, -0.2) is 9.97 Å². The number of aromatic nitrogens is 4. The Labute approximate surface area is 133 Å². The van der Waals surface area contributed by atoms with Crippen LogP contribution in [0.25, 0.3) is 11.4 Å². The molecule has 2 rings (SSSR count). The highest BCUT2D eigenvalue weighted by atomic mass is 127. The first-order valence-electron chi connectivity index (χ1n) is 6.67. The van der Waals surface area contributed by atoms with E-state index in [1.165, 1.54) is 0 Å². The molecule has 108 valence electrons. The van der Waals surface area contributed by atoms with Crippen LogP contribution in [0.3, 0.4) is 0 Å². The van der Waals surface area contributed by atoms with Crippen LogP contribution in [-0.4, -0.2) is 26.8 Å². The third-order valence-corrected chi connectivity index (χ3v) is 4.37. The van der Waals surface area contributed by atoms with Gasteiger partial charge in [0.05, 0.1) is 21.0 Å². The van der Waals surface area contributed by atoms with Crippen LogP contribution < -0.4 is 5.32 Å². The molecule has 0 fully saturated rings. The minimum absolute atomic E-state index is 0.561. The van der Waals surface area contributed by atoms with Crippen LogP contribution in [-0.2, 0) is 13.5 Å². The highest BCUT2D eigenvalue weighted by Gasteiger charge is 2.16. The van der Waals surface area contributed by atoms with E-state index < -0.39 is 0 Å². The molecule has 2 aromatic heterocycles. The normalized spacial score (nSPS) is 11.2. The van der Waals surface area contributed by atoms with Gasteiger partial charge in [-0.1, -0.05) is 13.8 Å². The van der Waals surface area contributed by atoms with Crippen LogP contribution in [0.4, 0.5) is 5.82 Å². The molecule has 0 spiro atoms. The molecule has 1 N–H and O–H groups in total. The van der Waals surface area contributed by atoms with E-state index in [2.05, 4.69) is 51.8 Å². The van der Waals surface area contributed by atoms with Gasteiger partial charge in [-0.05, 0) is 41.9 Å². The summed E-state index contributed by atoms with van der Waals surface area (Å²) in [6.07, 6.45) is 2.78. The first kappa shape index (κ1) is 15.2. The van der Waals surface area contributed by atoms with E-state index in [1.54, 1.807) is 0 Å². The van der Waals surface area contributed by atoms with Crippen molar-refractivity contribution in [2.24, 2.45) is 13.0 Å². The maximum absolute atomic E-state index is 4.75. The van der Waals surface area contributed by atoms with Crippen molar-refractivity contribution >= 4 is 28.4 Å². The van der Waals surface area contributed by atoms with Crippen molar-refractivity contribution in [3.8, 4) is 11.4 Å². The first-order valence-corrected chi connectivity index (χ1v) is 7.75. The van der Waals surface area contributed by atoms with Gasteiger partial charge >= 0.3 is 0 Å². The summed E-state index contributed by atoms with van der Waals surface area (Å²) < 4.78 is 2.95. The van der Waals surface area contributed by atoms with E-state index in [0.717, 1.165) is 38.6 Å². The summed E-state index contributed by atoms with van der Waals surface area (Å²) >= 11 is 2.32. The summed E-state index contributed by atoms with van der Waals surface area (Å²) in [7, 11) is 3.82. The summed E-state index contributed by atoms with van der Waals surface area (Å²) in [5, 5.41) is 7.43. The zero-order valence-electron chi connectivity index (χ0n) is 12.5. The van der Waals surface area contributed by atoms with Crippen LogP contribution in [0.2, 0.25) is 0 Å². The Morgan fingerprint density at radius 1 is 1.35 bits per heavy atom. The molecule has 5 nitrogen and oxygen atoms in total. The Hall–Kier alpha value is -1.18. The van der Waals surface area contributed by atoms with E-state index >= 15 is 0 Å². The fourth-order valence-electron chi connectivity index (χ4n) is 2.02. The third kappa shape index (κ3) is 2.94. The van der Waals surface area contributed by atoms with E-state index in [9.17, 15) is 0 Å². The van der Waals surface area contributed by atoms with Crippen LogP contribution in [0, 0.1) is 16.4 Å². The van der Waals surface area contributed by atoms with E-state index in [1.807, 2.05) is 31.9 Å². The number of hydrogen-bond acceptors (Lipinski definition) is 4. The third-order valence-electron chi connectivity index (χ3n) is 3.23. The SMILES string of the molecule is CNc1nc(-c2cnn(C)c2C)nc(CC(C)C)c1I. The van der Waals surface area contributed by atoms with Crippen LogP contribution in [0.1, 0.15) is 25.2 Å². The number of nitrogens with one attached hydrogen (secondary N) is 1. The molecule has 6 heteroatoms. The van der Waals surface area contributed by atoms with Gasteiger partial charge in [-0.2, -0.15) is 5.10 Å². The summed E-state index contributed by atoms with van der Waals surface area (Å²) in [6, 6.07) is 0. The predicted octanol–water partition coefficient (Wildman–Crippen LogP) is 3.03. The monoisotopic (exact) mass is 385 g/mol. The van der Waals surface area contributed by atoms with Crippen molar-refractivity contribution in [2.75, 3.05) is 12.4 Å². The minimum Gasteiger partial charge on any atom is -0.372 e. The smallest absolute Gasteiger partial charge is 0.165 e. The lowest BCUT2D eigenvalue weighted by Crippen LogP contribution is -2.08. The molecule has 0 unspecified atom stereocenters. The number of halogens is 1. The second-order valence-corrected chi connectivity index (χ2v) is 6.35. The number of nitrogens with zero attached hydrogens (tertiary/aromatic N) is 4. The molecule has 0 radical (unpaired) electrons. The molecular weight excluding hydrogens is 365 g/mol. The summed E-state index contributed by atoms with van der Waals surface area (Å²) in [5.74, 6) is 2.19. The summed E-state index contributed by atoms with van der Waals surface area (Å²) in [4.78, 5) is 9.37. The Kier molecular flexibility index (Phi) is 4.62. The Balaban J connectivity index is 2.56. The van der Waals surface area contributed by atoms with Crippen LogP contribution in [0.5, 0.6) is 0 Å². The average molecular weight is 385 g/mol. The van der Waals surface area contributed by atoms with Crippen molar-refractivity contribution in [2.45, 2.75) is 27.2 Å². The van der Waals surface area contributed by atoms with Gasteiger partial charge < -0.3 is 5.32 Å². The number of aryl methyl sites for hydroxylation is 1. The Morgan fingerprint density at radius 3 is 2.55 bits per heavy atom. The molecule has 0 aliphatic carbocycles. The van der Waals surface area contributed by atoms with Gasteiger partial charge in [0, 0.05) is 19.8 Å². The van der Waals surface area contributed by atoms with Crippen molar-refractivity contribution in [1.29, 1.82) is 0 Å². The maximum Gasteiger partial charge on any atom is 0.165 e. The van der Waals surface area contributed by atoms with Gasteiger partial charge in [0.15, 0.2) is 5.82 Å². The molecule has 2 aromatic rings. The fraction of sp³-hybridized carbons (Fsp3) is 0.500. The van der Waals surface area contributed by atoms with Crippen molar-refractivity contribution in [1.82, 2.24) is 19.7 Å². The highest BCUT2D eigenvalue weighted by Crippen LogP contribution is 2.26. The van der Waals surface area contributed by atoms with Crippen molar-refractivity contribution in [3.05, 3.63) is 21.2 Å². The molecule has 0 atom stereocenters. The standard InChI is InChI=1S/C14H20IN5/c1-8(2)6-11-12(15)14(16-4)19-13(18-11)10-7-17-20(5)9(10)3/h7-8H,6H2,1-5H3,(H,16,18,19). The molecule has 0 saturated carbocycles. The number of hydrogen-bond donors (Lipinski definition) is 1. The Bertz CT molecular complexity index is 618. The largest absolute Gasteiger partial charge is 0.372 e. The lowest BCUT2D eigenvalue weighted by atomic mass is 10.1. The van der Waals surface area contributed by atoms with Gasteiger partial charge in [-0.3, -0.25) is 4.68 Å². The predicted molar refractivity (Wildman–Crippen MR) is 89.8 cm³/mol. The summed E-state index contributed by atoms with van der Waals surface area (Å²) in [6.45, 7) is 6.43. The van der Waals surface area contributed by atoms with Gasteiger partial charge in [-0.15, -0.1) is 0 Å². The summed E-state index contributed by atoms with van der Waals surface area (Å²) in [5.41, 5.74) is 3.16. The zero-order valence-corrected chi connectivity index (χ0v) is 14.7. The molecule has 20 heavy (non-hydrogen) atoms. The zero-order chi connectivity index (χ0) is 14.9. The molecule has 0 saturated heterocycles. The molecule has 0 amide bonds. The fourth-order valence-corrected chi connectivity index (χ4v) is 2.75. The lowest BCUT2D eigenvalue weighted by molar-refractivity contribution is 0.632. The molecule has 0 aliphatic heterocycles. The van der Waals surface area contributed by atoms with Crippen molar-refractivity contribution < 1.29 is 0 Å². The maximum atomic E-state index is 4.75. The first-order chi connectivity index (χ1) is 9.43. The average Bonchev–Trinajstić information content (AvgIpc) is 2.72. The van der Waals surface area contributed by atoms with Crippen LogP contribution in [0.15, 0.2) is 6.20 Å².